The summed E-state index contributed by atoms with van der Waals surface area (Å²) in [7, 11) is 0. The number of nitriles is 1. The van der Waals surface area contributed by atoms with Gasteiger partial charge in [0, 0.05) is 23.2 Å². The van der Waals surface area contributed by atoms with Gasteiger partial charge >= 0.3 is 6.18 Å². The first kappa shape index (κ1) is 22.9. The Morgan fingerprint density at radius 1 is 1.32 bits per heavy atom. The molecular formula is C22H23F3N4OS. The Labute approximate surface area is 183 Å². The molecule has 1 aromatic carbocycles. The Morgan fingerprint density at radius 3 is 2.61 bits per heavy atom. The number of carbonyl (C=O) groups excluding carboxylic acids is 1. The number of alkyl halides is 3. The van der Waals surface area contributed by atoms with E-state index in [-0.39, 0.29) is 29.3 Å². The third kappa shape index (κ3) is 4.64. The van der Waals surface area contributed by atoms with Crippen molar-refractivity contribution in [2.24, 2.45) is 0 Å². The summed E-state index contributed by atoms with van der Waals surface area (Å²) < 4.78 is 40.7. The van der Waals surface area contributed by atoms with Crippen LogP contribution in [0.1, 0.15) is 36.2 Å². The number of rotatable bonds is 4. The molecule has 0 radical (unpaired) electrons. The largest absolute Gasteiger partial charge is 0.417 e. The van der Waals surface area contributed by atoms with Crippen molar-refractivity contribution in [2.75, 3.05) is 21.4 Å². The highest BCUT2D eigenvalue weighted by molar-refractivity contribution is 7.99. The molecule has 1 aliphatic heterocycles. The fraction of sp³-hybridized carbons (Fsp3) is 0.409. The SMILES string of the molecule is Cc1cccc(N(C(=O)[C@@H]2CSCN2c2nc(C)cc(C(F)(F)F)c2C#N)C(C)C)c1. The molecule has 0 unspecified atom stereocenters. The Balaban J connectivity index is 2.06. The number of hydrogen-bond acceptors (Lipinski definition) is 5. The molecule has 1 fully saturated rings. The molecule has 0 spiro atoms. The maximum absolute atomic E-state index is 13.6. The molecule has 164 valence electrons. The minimum atomic E-state index is -4.69. The van der Waals surface area contributed by atoms with Gasteiger partial charge in [-0.25, -0.2) is 4.98 Å². The third-order valence-corrected chi connectivity index (χ3v) is 6.03. The number of anilines is 2. The molecular weight excluding hydrogens is 425 g/mol. The van der Waals surface area contributed by atoms with Gasteiger partial charge in [0.05, 0.1) is 11.4 Å². The Kier molecular flexibility index (Phi) is 6.51. The Bertz CT molecular complexity index is 1030. The minimum Gasteiger partial charge on any atom is -0.333 e. The first-order chi connectivity index (χ1) is 14.5. The zero-order chi connectivity index (χ0) is 22.9. The van der Waals surface area contributed by atoms with E-state index in [0.29, 0.717) is 5.75 Å². The Hall–Kier alpha value is -2.73. The predicted molar refractivity (Wildman–Crippen MR) is 116 cm³/mol. The summed E-state index contributed by atoms with van der Waals surface area (Å²) in [5, 5.41) is 9.53. The lowest BCUT2D eigenvalue weighted by molar-refractivity contribution is -0.137. The molecule has 0 aliphatic carbocycles. The fourth-order valence-corrected chi connectivity index (χ4v) is 4.82. The molecule has 1 amide bonds. The van der Waals surface area contributed by atoms with Crippen LogP contribution in [0.4, 0.5) is 24.7 Å². The van der Waals surface area contributed by atoms with Crippen molar-refractivity contribution in [3.8, 4) is 6.07 Å². The highest BCUT2D eigenvalue weighted by Gasteiger charge is 2.41. The first-order valence-electron chi connectivity index (χ1n) is 9.77. The van der Waals surface area contributed by atoms with Gasteiger partial charge in [0.2, 0.25) is 0 Å². The number of halogens is 3. The van der Waals surface area contributed by atoms with Gasteiger partial charge in [-0.2, -0.15) is 18.4 Å². The maximum atomic E-state index is 13.6. The second-order valence-electron chi connectivity index (χ2n) is 7.75. The van der Waals surface area contributed by atoms with Crippen LogP contribution in [0.15, 0.2) is 30.3 Å². The van der Waals surface area contributed by atoms with Gasteiger partial charge in [0.25, 0.3) is 5.91 Å². The molecule has 2 heterocycles. The molecule has 3 rings (SSSR count). The molecule has 1 atom stereocenters. The van der Waals surface area contributed by atoms with E-state index >= 15 is 0 Å². The van der Waals surface area contributed by atoms with Crippen LogP contribution >= 0.6 is 11.8 Å². The minimum absolute atomic E-state index is 0.0916. The highest BCUT2D eigenvalue weighted by Crippen LogP contribution is 2.38. The van der Waals surface area contributed by atoms with E-state index in [1.807, 2.05) is 45.0 Å². The van der Waals surface area contributed by atoms with Crippen LogP contribution in [0.2, 0.25) is 0 Å². The van der Waals surface area contributed by atoms with Crippen LogP contribution in [0, 0.1) is 25.2 Å². The van der Waals surface area contributed by atoms with Gasteiger partial charge in [-0.15, -0.1) is 11.8 Å². The summed E-state index contributed by atoms with van der Waals surface area (Å²) in [6.07, 6.45) is -4.69. The average molecular weight is 449 g/mol. The van der Waals surface area contributed by atoms with Gasteiger partial charge in [-0.3, -0.25) is 4.79 Å². The molecule has 1 saturated heterocycles. The van der Waals surface area contributed by atoms with E-state index in [9.17, 15) is 23.2 Å². The molecule has 1 aromatic heterocycles. The molecule has 5 nitrogen and oxygen atoms in total. The van der Waals surface area contributed by atoms with Gasteiger partial charge in [-0.05, 0) is 51.5 Å². The van der Waals surface area contributed by atoms with Crippen LogP contribution in [-0.2, 0) is 11.0 Å². The summed E-state index contributed by atoms with van der Waals surface area (Å²) in [6, 6.07) is 9.18. The number of hydrogen-bond donors (Lipinski definition) is 0. The summed E-state index contributed by atoms with van der Waals surface area (Å²) in [6.45, 7) is 7.16. The number of benzene rings is 1. The number of nitrogens with zero attached hydrogens (tertiary/aromatic N) is 4. The summed E-state index contributed by atoms with van der Waals surface area (Å²) >= 11 is 1.43. The first-order valence-corrected chi connectivity index (χ1v) is 10.9. The van der Waals surface area contributed by atoms with Gasteiger partial charge in [0.15, 0.2) is 0 Å². The van der Waals surface area contributed by atoms with Crippen LogP contribution in [0.5, 0.6) is 0 Å². The summed E-state index contributed by atoms with van der Waals surface area (Å²) in [5.41, 5.74) is 0.287. The van der Waals surface area contributed by atoms with Gasteiger partial charge in [0.1, 0.15) is 23.5 Å². The number of aryl methyl sites for hydroxylation is 2. The zero-order valence-electron chi connectivity index (χ0n) is 17.7. The molecule has 9 heteroatoms. The topological polar surface area (TPSA) is 60.2 Å². The van der Waals surface area contributed by atoms with Gasteiger partial charge in [-0.1, -0.05) is 12.1 Å². The molecule has 2 aromatic rings. The van der Waals surface area contributed by atoms with Gasteiger partial charge < -0.3 is 9.80 Å². The molecule has 31 heavy (non-hydrogen) atoms. The second kappa shape index (κ2) is 8.79. The van der Waals surface area contributed by atoms with Crippen LogP contribution < -0.4 is 9.80 Å². The number of amides is 1. The Morgan fingerprint density at radius 2 is 2.03 bits per heavy atom. The van der Waals surface area contributed by atoms with Crippen molar-refractivity contribution >= 4 is 29.2 Å². The molecule has 0 saturated carbocycles. The number of pyridine rings is 1. The van der Waals surface area contributed by atoms with Crippen LogP contribution in [-0.4, -0.2) is 34.6 Å². The third-order valence-electron chi connectivity index (χ3n) is 5.02. The van der Waals surface area contributed by atoms with E-state index in [4.69, 9.17) is 0 Å². The molecule has 0 N–H and O–H groups in total. The lowest BCUT2D eigenvalue weighted by atomic mass is 10.1. The number of aromatic nitrogens is 1. The average Bonchev–Trinajstić information content (AvgIpc) is 3.16. The molecule has 1 aliphatic rings. The van der Waals surface area contributed by atoms with Crippen molar-refractivity contribution < 1.29 is 18.0 Å². The smallest absolute Gasteiger partial charge is 0.333 e. The zero-order valence-corrected chi connectivity index (χ0v) is 18.5. The van der Waals surface area contributed by atoms with Crippen molar-refractivity contribution in [1.29, 1.82) is 5.26 Å². The van der Waals surface area contributed by atoms with E-state index in [0.717, 1.165) is 17.3 Å². The van der Waals surface area contributed by atoms with E-state index in [1.54, 1.807) is 11.0 Å². The maximum Gasteiger partial charge on any atom is 0.417 e. The summed E-state index contributed by atoms with van der Waals surface area (Å²) in [5.74, 6) is 0.353. The van der Waals surface area contributed by atoms with E-state index < -0.39 is 23.3 Å². The monoisotopic (exact) mass is 448 g/mol. The standard InChI is InChI=1S/C22H23F3N4OS/c1-13(2)29(16-7-5-6-14(3)8-16)21(30)19-11-31-12-28(19)20-17(10-26)18(22(23,24)25)9-15(4)27-20/h5-9,13,19H,11-12H2,1-4H3/t19-/m0/s1. The fourth-order valence-electron chi connectivity index (χ4n) is 3.67. The van der Waals surface area contributed by atoms with Crippen molar-refractivity contribution in [2.45, 2.75) is 46.0 Å². The van der Waals surface area contributed by atoms with Crippen molar-refractivity contribution in [3.63, 3.8) is 0 Å². The van der Waals surface area contributed by atoms with Crippen LogP contribution in [0.3, 0.4) is 0 Å². The lowest BCUT2D eigenvalue weighted by Gasteiger charge is -2.33. The number of carbonyl (C=O) groups is 1. The lowest BCUT2D eigenvalue weighted by Crippen LogP contribution is -2.50. The number of thioether (sulfide) groups is 1. The van der Waals surface area contributed by atoms with E-state index in [2.05, 4.69) is 4.98 Å². The normalized spacial score (nSPS) is 16.5. The second-order valence-corrected chi connectivity index (χ2v) is 8.75. The predicted octanol–water partition coefficient (Wildman–Crippen LogP) is 4.91. The van der Waals surface area contributed by atoms with Crippen LogP contribution in [0.25, 0.3) is 0 Å². The van der Waals surface area contributed by atoms with Crippen molar-refractivity contribution in [3.05, 3.63) is 52.7 Å². The summed E-state index contributed by atoms with van der Waals surface area (Å²) in [4.78, 5) is 21.0. The van der Waals surface area contributed by atoms with Crippen molar-refractivity contribution in [1.82, 2.24) is 4.98 Å². The highest BCUT2D eigenvalue weighted by atomic mass is 32.2. The molecule has 0 bridgehead atoms. The van der Waals surface area contributed by atoms with E-state index in [1.165, 1.54) is 23.6 Å². The quantitative estimate of drug-likeness (QED) is 0.665.